The van der Waals surface area contributed by atoms with Crippen LogP contribution in [0.25, 0.3) is 0 Å². The van der Waals surface area contributed by atoms with Crippen LogP contribution in [0, 0.1) is 0 Å². The van der Waals surface area contributed by atoms with Crippen molar-refractivity contribution in [2.75, 3.05) is 20.1 Å². The van der Waals surface area contributed by atoms with E-state index in [4.69, 9.17) is 0 Å². The number of rotatable bonds is 4. The molecule has 0 spiro atoms. The zero-order chi connectivity index (χ0) is 14.7. The minimum Gasteiger partial charge on any atom is -0.335 e. The Labute approximate surface area is 127 Å². The monoisotopic (exact) mass is 287 g/mol. The summed E-state index contributed by atoms with van der Waals surface area (Å²) in [6.07, 6.45) is 4.42. The number of carbonyl (C=O) groups excluding carboxylic acids is 1. The molecule has 114 valence electrons. The Bertz CT molecular complexity index is 464. The SMILES string of the molecule is CN1CCC(N(Cc2ccccc2)C(=O)NC2CC2)CC1. The fraction of sp³-hybridized carbons (Fsp3) is 0.588. The standard InChI is InChI=1S/C17H25N3O/c1-19-11-9-16(10-12-19)20(17(21)18-15-7-8-15)13-14-5-3-2-4-6-14/h2-6,15-16H,7-13H2,1H3,(H,18,21). The lowest BCUT2D eigenvalue weighted by Crippen LogP contribution is -2.50. The number of carbonyl (C=O) groups is 1. The summed E-state index contributed by atoms with van der Waals surface area (Å²) in [5, 5.41) is 3.16. The van der Waals surface area contributed by atoms with Crippen LogP contribution in [-0.2, 0) is 6.54 Å². The zero-order valence-corrected chi connectivity index (χ0v) is 12.8. The molecule has 1 aliphatic carbocycles. The molecule has 1 N–H and O–H groups in total. The van der Waals surface area contributed by atoms with Crippen LogP contribution in [0.5, 0.6) is 0 Å². The first-order valence-electron chi connectivity index (χ1n) is 8.02. The fourth-order valence-electron chi connectivity index (χ4n) is 2.94. The molecule has 0 radical (unpaired) electrons. The van der Waals surface area contributed by atoms with Crippen molar-refractivity contribution < 1.29 is 4.79 Å². The second-order valence-electron chi connectivity index (χ2n) is 6.37. The van der Waals surface area contributed by atoms with Crippen molar-refractivity contribution in [2.24, 2.45) is 0 Å². The van der Waals surface area contributed by atoms with Gasteiger partial charge in [-0.3, -0.25) is 0 Å². The van der Waals surface area contributed by atoms with Crippen LogP contribution in [-0.4, -0.2) is 48.1 Å². The minimum atomic E-state index is 0.121. The highest BCUT2D eigenvalue weighted by atomic mass is 16.2. The number of hydrogen-bond acceptors (Lipinski definition) is 2. The first-order valence-corrected chi connectivity index (χ1v) is 8.02. The average molecular weight is 287 g/mol. The van der Waals surface area contributed by atoms with Gasteiger partial charge in [0.25, 0.3) is 0 Å². The van der Waals surface area contributed by atoms with E-state index in [9.17, 15) is 4.79 Å². The first kappa shape index (κ1) is 14.4. The Morgan fingerprint density at radius 2 is 1.86 bits per heavy atom. The molecular formula is C17H25N3O. The van der Waals surface area contributed by atoms with E-state index < -0.39 is 0 Å². The van der Waals surface area contributed by atoms with Crippen LogP contribution in [0.1, 0.15) is 31.2 Å². The maximum atomic E-state index is 12.6. The van der Waals surface area contributed by atoms with E-state index in [1.807, 2.05) is 18.2 Å². The Morgan fingerprint density at radius 3 is 2.48 bits per heavy atom. The largest absolute Gasteiger partial charge is 0.335 e. The topological polar surface area (TPSA) is 35.6 Å². The summed E-state index contributed by atoms with van der Waals surface area (Å²) < 4.78 is 0. The lowest BCUT2D eigenvalue weighted by Gasteiger charge is -2.37. The summed E-state index contributed by atoms with van der Waals surface area (Å²) in [7, 11) is 2.15. The van der Waals surface area contributed by atoms with E-state index in [1.165, 1.54) is 5.56 Å². The van der Waals surface area contributed by atoms with E-state index in [0.717, 1.165) is 38.8 Å². The second kappa shape index (κ2) is 6.48. The van der Waals surface area contributed by atoms with Crippen molar-refractivity contribution in [2.45, 2.75) is 44.3 Å². The summed E-state index contributed by atoms with van der Waals surface area (Å²) in [4.78, 5) is 17.0. The average Bonchev–Trinajstić information content (AvgIpc) is 3.31. The molecule has 4 heteroatoms. The minimum absolute atomic E-state index is 0.121. The predicted octanol–water partition coefficient (Wildman–Crippen LogP) is 2.45. The molecule has 3 rings (SSSR count). The molecule has 2 fully saturated rings. The molecular weight excluding hydrogens is 262 g/mol. The number of benzene rings is 1. The summed E-state index contributed by atoms with van der Waals surface area (Å²) in [6, 6.07) is 11.2. The van der Waals surface area contributed by atoms with Gasteiger partial charge in [-0.05, 0) is 51.4 Å². The van der Waals surface area contributed by atoms with Crippen molar-refractivity contribution in [3.63, 3.8) is 0 Å². The molecule has 4 nitrogen and oxygen atoms in total. The molecule has 0 aromatic heterocycles. The summed E-state index contributed by atoms with van der Waals surface area (Å²) in [5.74, 6) is 0. The van der Waals surface area contributed by atoms with E-state index in [-0.39, 0.29) is 6.03 Å². The Hall–Kier alpha value is -1.55. The molecule has 2 amide bonds. The van der Waals surface area contributed by atoms with E-state index in [2.05, 4.69) is 34.3 Å². The van der Waals surface area contributed by atoms with Gasteiger partial charge in [-0.25, -0.2) is 4.79 Å². The van der Waals surface area contributed by atoms with Gasteiger partial charge in [0, 0.05) is 18.6 Å². The molecule has 1 saturated carbocycles. The smallest absolute Gasteiger partial charge is 0.318 e. The number of nitrogens with one attached hydrogen (secondary N) is 1. The van der Waals surface area contributed by atoms with Gasteiger partial charge in [-0.1, -0.05) is 30.3 Å². The van der Waals surface area contributed by atoms with Crippen molar-refractivity contribution >= 4 is 6.03 Å². The lowest BCUT2D eigenvalue weighted by molar-refractivity contribution is 0.127. The zero-order valence-electron chi connectivity index (χ0n) is 12.8. The van der Waals surface area contributed by atoms with Crippen molar-refractivity contribution in [3.05, 3.63) is 35.9 Å². The molecule has 0 unspecified atom stereocenters. The quantitative estimate of drug-likeness (QED) is 0.923. The highest BCUT2D eigenvalue weighted by Gasteiger charge is 2.30. The van der Waals surface area contributed by atoms with Crippen LogP contribution in [0.3, 0.4) is 0 Å². The number of hydrogen-bond donors (Lipinski definition) is 1. The molecule has 0 bridgehead atoms. The molecule has 1 aromatic carbocycles. The lowest BCUT2D eigenvalue weighted by atomic mass is 10.0. The third kappa shape index (κ3) is 3.97. The van der Waals surface area contributed by atoms with Crippen molar-refractivity contribution in [3.8, 4) is 0 Å². The van der Waals surface area contributed by atoms with Crippen LogP contribution < -0.4 is 5.32 Å². The van der Waals surface area contributed by atoms with Gasteiger partial charge < -0.3 is 15.1 Å². The molecule has 1 heterocycles. The van der Waals surface area contributed by atoms with Crippen LogP contribution in [0.2, 0.25) is 0 Å². The van der Waals surface area contributed by atoms with Crippen molar-refractivity contribution in [1.29, 1.82) is 0 Å². The predicted molar refractivity (Wildman–Crippen MR) is 84.1 cm³/mol. The van der Waals surface area contributed by atoms with Crippen LogP contribution in [0.15, 0.2) is 30.3 Å². The van der Waals surface area contributed by atoms with Crippen LogP contribution >= 0.6 is 0 Å². The van der Waals surface area contributed by atoms with Gasteiger partial charge in [0.05, 0.1) is 0 Å². The van der Waals surface area contributed by atoms with Gasteiger partial charge in [0.15, 0.2) is 0 Å². The molecule has 1 saturated heterocycles. The Balaban J connectivity index is 1.68. The van der Waals surface area contributed by atoms with E-state index in [0.29, 0.717) is 18.6 Å². The van der Waals surface area contributed by atoms with Gasteiger partial charge in [0.1, 0.15) is 0 Å². The van der Waals surface area contributed by atoms with Gasteiger partial charge >= 0.3 is 6.03 Å². The Morgan fingerprint density at radius 1 is 1.19 bits per heavy atom. The second-order valence-corrected chi connectivity index (χ2v) is 6.37. The maximum absolute atomic E-state index is 12.6. The highest BCUT2D eigenvalue weighted by Crippen LogP contribution is 2.22. The van der Waals surface area contributed by atoms with E-state index in [1.54, 1.807) is 0 Å². The molecule has 2 aliphatic rings. The number of amides is 2. The summed E-state index contributed by atoms with van der Waals surface area (Å²) >= 11 is 0. The van der Waals surface area contributed by atoms with Crippen LogP contribution in [0.4, 0.5) is 4.79 Å². The van der Waals surface area contributed by atoms with Gasteiger partial charge in [0.2, 0.25) is 0 Å². The molecule has 1 aromatic rings. The number of likely N-dealkylation sites (tertiary alicyclic amines) is 1. The number of urea groups is 1. The van der Waals surface area contributed by atoms with E-state index >= 15 is 0 Å². The van der Waals surface area contributed by atoms with Gasteiger partial charge in [-0.2, -0.15) is 0 Å². The Kier molecular flexibility index (Phi) is 4.44. The molecule has 21 heavy (non-hydrogen) atoms. The van der Waals surface area contributed by atoms with Crippen molar-refractivity contribution in [1.82, 2.24) is 15.1 Å². The highest BCUT2D eigenvalue weighted by molar-refractivity contribution is 5.75. The fourth-order valence-corrected chi connectivity index (χ4v) is 2.94. The summed E-state index contributed by atoms with van der Waals surface area (Å²) in [5.41, 5.74) is 1.21. The number of piperidine rings is 1. The van der Waals surface area contributed by atoms with Gasteiger partial charge in [-0.15, -0.1) is 0 Å². The third-order valence-corrected chi connectivity index (χ3v) is 4.49. The molecule has 1 aliphatic heterocycles. The third-order valence-electron chi connectivity index (χ3n) is 4.49. The molecule has 0 atom stereocenters. The maximum Gasteiger partial charge on any atom is 0.318 e. The number of nitrogens with zero attached hydrogens (tertiary/aromatic N) is 2. The normalized spacial score (nSPS) is 20.2. The first-order chi connectivity index (χ1) is 10.2. The summed E-state index contributed by atoms with van der Waals surface area (Å²) in [6.45, 7) is 2.87.